The Hall–Kier alpha value is -3.15. The van der Waals surface area contributed by atoms with Crippen molar-refractivity contribution in [2.24, 2.45) is 0 Å². The molecule has 3 aromatic rings. The molecule has 1 aromatic heterocycles. The van der Waals surface area contributed by atoms with Gasteiger partial charge in [0.2, 0.25) is 0 Å². The first-order chi connectivity index (χ1) is 13.8. The average molecular weight is 374 g/mol. The summed E-state index contributed by atoms with van der Waals surface area (Å²) in [6.45, 7) is 2.88. The van der Waals surface area contributed by atoms with E-state index in [9.17, 15) is 4.79 Å². The Kier molecular flexibility index (Phi) is 4.31. The molecule has 3 heterocycles. The van der Waals surface area contributed by atoms with E-state index in [0.29, 0.717) is 13.1 Å². The van der Waals surface area contributed by atoms with Crippen molar-refractivity contribution >= 4 is 22.6 Å². The lowest BCUT2D eigenvalue weighted by Gasteiger charge is -2.38. The Labute approximate surface area is 163 Å². The number of ether oxygens (including phenoxy) is 1. The molecule has 142 valence electrons. The lowest BCUT2D eigenvalue weighted by atomic mass is 10.0. The third-order valence-electron chi connectivity index (χ3n) is 5.61. The molecule has 2 aliphatic heterocycles. The van der Waals surface area contributed by atoms with E-state index in [4.69, 9.17) is 4.74 Å². The normalized spacial score (nSPS) is 19.2. The molecule has 0 saturated carbocycles. The maximum absolute atomic E-state index is 13.0. The Morgan fingerprint density at radius 1 is 0.964 bits per heavy atom. The van der Waals surface area contributed by atoms with Crippen LogP contribution >= 0.6 is 0 Å². The van der Waals surface area contributed by atoms with E-state index < -0.39 is 0 Å². The highest BCUT2D eigenvalue weighted by molar-refractivity contribution is 5.89. The fourth-order valence-corrected chi connectivity index (χ4v) is 4.08. The molecular formula is C22H22N4O2. The van der Waals surface area contributed by atoms with Crippen LogP contribution in [0.2, 0.25) is 0 Å². The number of aromatic nitrogens is 2. The van der Waals surface area contributed by atoms with Crippen LogP contribution < -0.4 is 9.64 Å². The molecule has 0 radical (unpaired) electrons. The van der Waals surface area contributed by atoms with Crippen LogP contribution in [0, 0.1) is 0 Å². The van der Waals surface area contributed by atoms with Crippen LogP contribution in [0.15, 0.2) is 54.9 Å². The highest BCUT2D eigenvalue weighted by Gasteiger charge is 2.32. The average Bonchev–Trinajstić information content (AvgIpc) is 2.78. The number of piperazine rings is 1. The molecular weight excluding hydrogens is 352 g/mol. The van der Waals surface area contributed by atoms with Crippen molar-refractivity contribution in [3.63, 3.8) is 0 Å². The van der Waals surface area contributed by atoms with Gasteiger partial charge in [-0.3, -0.25) is 4.79 Å². The monoisotopic (exact) mass is 374 g/mol. The first-order valence-corrected chi connectivity index (χ1v) is 9.77. The number of benzene rings is 2. The number of hydrogen-bond donors (Lipinski definition) is 0. The van der Waals surface area contributed by atoms with Gasteiger partial charge in [-0.15, -0.1) is 0 Å². The maximum atomic E-state index is 13.0. The van der Waals surface area contributed by atoms with E-state index in [-0.39, 0.29) is 12.0 Å². The zero-order chi connectivity index (χ0) is 18.9. The van der Waals surface area contributed by atoms with Gasteiger partial charge in [-0.05, 0) is 36.6 Å². The van der Waals surface area contributed by atoms with Crippen LogP contribution in [0.1, 0.15) is 12.0 Å². The Morgan fingerprint density at radius 2 is 1.75 bits per heavy atom. The largest absolute Gasteiger partial charge is 0.480 e. The van der Waals surface area contributed by atoms with Crippen LogP contribution in [-0.4, -0.2) is 53.1 Å². The molecule has 0 bridgehead atoms. The van der Waals surface area contributed by atoms with Crippen molar-refractivity contribution in [3.8, 4) is 5.75 Å². The van der Waals surface area contributed by atoms with Gasteiger partial charge in [0.1, 0.15) is 17.9 Å². The number of anilines is 1. The number of amides is 1. The van der Waals surface area contributed by atoms with Crippen LogP contribution in [0.3, 0.4) is 0 Å². The molecule has 1 saturated heterocycles. The molecule has 0 N–H and O–H groups in total. The maximum Gasteiger partial charge on any atom is 0.263 e. The van der Waals surface area contributed by atoms with Crippen molar-refractivity contribution in [3.05, 3.63) is 60.4 Å². The summed E-state index contributed by atoms with van der Waals surface area (Å²) in [6.07, 6.45) is 2.87. The lowest BCUT2D eigenvalue weighted by molar-refractivity contribution is -0.139. The molecule has 1 fully saturated rings. The summed E-state index contributed by atoms with van der Waals surface area (Å²) < 4.78 is 5.99. The second-order valence-electron chi connectivity index (χ2n) is 7.28. The number of hydrogen-bond acceptors (Lipinski definition) is 5. The SMILES string of the molecule is O=C([C@H]1CCc2ccccc2O1)N1CCN(c2ncnc3ccccc23)CC1. The Balaban J connectivity index is 1.27. The van der Waals surface area contributed by atoms with Crippen molar-refractivity contribution in [2.75, 3.05) is 31.1 Å². The second kappa shape index (κ2) is 7.11. The molecule has 6 nitrogen and oxygen atoms in total. The zero-order valence-corrected chi connectivity index (χ0v) is 15.6. The van der Waals surface area contributed by atoms with Gasteiger partial charge in [0.05, 0.1) is 5.52 Å². The minimum Gasteiger partial charge on any atom is -0.480 e. The zero-order valence-electron chi connectivity index (χ0n) is 15.6. The van der Waals surface area contributed by atoms with Gasteiger partial charge in [-0.1, -0.05) is 30.3 Å². The van der Waals surface area contributed by atoms with E-state index >= 15 is 0 Å². The summed E-state index contributed by atoms with van der Waals surface area (Å²) in [7, 11) is 0. The molecule has 6 heteroatoms. The molecule has 2 aliphatic rings. The molecule has 0 unspecified atom stereocenters. The highest BCUT2D eigenvalue weighted by atomic mass is 16.5. The number of rotatable bonds is 2. The summed E-state index contributed by atoms with van der Waals surface area (Å²) in [6, 6.07) is 16.0. The van der Waals surface area contributed by atoms with E-state index in [0.717, 1.165) is 48.4 Å². The van der Waals surface area contributed by atoms with Gasteiger partial charge in [0.25, 0.3) is 5.91 Å². The number of carbonyl (C=O) groups is 1. The fourth-order valence-electron chi connectivity index (χ4n) is 4.08. The third-order valence-corrected chi connectivity index (χ3v) is 5.61. The summed E-state index contributed by atoms with van der Waals surface area (Å²) >= 11 is 0. The minimum absolute atomic E-state index is 0.0988. The van der Waals surface area contributed by atoms with Crippen LogP contribution in [0.5, 0.6) is 5.75 Å². The highest BCUT2D eigenvalue weighted by Crippen LogP contribution is 2.28. The molecule has 5 rings (SSSR count). The van der Waals surface area contributed by atoms with Gasteiger partial charge in [-0.2, -0.15) is 0 Å². The number of nitrogens with zero attached hydrogens (tertiary/aromatic N) is 4. The number of para-hydroxylation sites is 2. The molecule has 1 amide bonds. The van der Waals surface area contributed by atoms with Gasteiger partial charge in [-0.25, -0.2) is 9.97 Å². The van der Waals surface area contributed by atoms with E-state index in [1.807, 2.05) is 41.3 Å². The molecule has 0 spiro atoms. The minimum atomic E-state index is -0.374. The van der Waals surface area contributed by atoms with Crippen molar-refractivity contribution in [1.82, 2.24) is 14.9 Å². The predicted octanol–water partition coefficient (Wildman–Crippen LogP) is 2.67. The lowest BCUT2D eigenvalue weighted by Crippen LogP contribution is -2.53. The smallest absolute Gasteiger partial charge is 0.263 e. The molecule has 28 heavy (non-hydrogen) atoms. The number of carbonyl (C=O) groups excluding carboxylic acids is 1. The Morgan fingerprint density at radius 3 is 2.64 bits per heavy atom. The first-order valence-electron chi connectivity index (χ1n) is 9.77. The van der Waals surface area contributed by atoms with E-state index in [2.05, 4.69) is 27.0 Å². The second-order valence-corrected chi connectivity index (χ2v) is 7.28. The predicted molar refractivity (Wildman–Crippen MR) is 108 cm³/mol. The molecule has 2 aromatic carbocycles. The quantitative estimate of drug-likeness (QED) is 0.690. The summed E-state index contributed by atoms with van der Waals surface area (Å²) in [5.41, 5.74) is 2.13. The van der Waals surface area contributed by atoms with Crippen molar-refractivity contribution in [1.29, 1.82) is 0 Å². The van der Waals surface area contributed by atoms with Crippen LogP contribution in [-0.2, 0) is 11.2 Å². The topological polar surface area (TPSA) is 58.6 Å². The summed E-state index contributed by atoms with van der Waals surface area (Å²) in [4.78, 5) is 26.0. The van der Waals surface area contributed by atoms with Crippen molar-refractivity contribution in [2.45, 2.75) is 18.9 Å². The third kappa shape index (κ3) is 3.05. The van der Waals surface area contributed by atoms with Gasteiger partial charge < -0.3 is 14.5 Å². The van der Waals surface area contributed by atoms with Gasteiger partial charge >= 0.3 is 0 Å². The standard InChI is InChI=1S/C22H22N4O2/c27-22(20-10-9-16-5-1-4-8-19(16)28-20)26-13-11-25(12-14-26)21-17-6-2-3-7-18(17)23-15-24-21/h1-8,15,20H,9-14H2/t20-/m1/s1. The van der Waals surface area contributed by atoms with Crippen LogP contribution in [0.4, 0.5) is 5.82 Å². The van der Waals surface area contributed by atoms with E-state index in [1.165, 1.54) is 5.56 Å². The fraction of sp³-hybridized carbons (Fsp3) is 0.318. The molecule has 0 aliphatic carbocycles. The Bertz CT molecular complexity index is 1010. The molecule has 1 atom stereocenters. The van der Waals surface area contributed by atoms with E-state index in [1.54, 1.807) is 6.33 Å². The number of aryl methyl sites for hydroxylation is 1. The van der Waals surface area contributed by atoms with Crippen LogP contribution in [0.25, 0.3) is 10.9 Å². The van der Waals surface area contributed by atoms with Gasteiger partial charge in [0.15, 0.2) is 6.10 Å². The first kappa shape index (κ1) is 17.0. The number of fused-ring (bicyclic) bond motifs is 2. The van der Waals surface area contributed by atoms with Crippen molar-refractivity contribution < 1.29 is 9.53 Å². The van der Waals surface area contributed by atoms with Gasteiger partial charge in [0, 0.05) is 31.6 Å². The summed E-state index contributed by atoms with van der Waals surface area (Å²) in [5.74, 6) is 1.89. The summed E-state index contributed by atoms with van der Waals surface area (Å²) in [5, 5.41) is 1.05.